The van der Waals surface area contributed by atoms with E-state index in [-0.39, 0.29) is 12.0 Å². The molecule has 2 saturated carbocycles. The highest BCUT2D eigenvalue weighted by molar-refractivity contribution is 5.79. The Hall–Kier alpha value is -1.39. The highest BCUT2D eigenvalue weighted by Crippen LogP contribution is 2.37. The van der Waals surface area contributed by atoms with Crippen LogP contribution in [0.15, 0.2) is 30.3 Å². The van der Waals surface area contributed by atoms with E-state index < -0.39 is 0 Å². The van der Waals surface area contributed by atoms with Gasteiger partial charge < -0.3 is 15.0 Å². The van der Waals surface area contributed by atoms with Gasteiger partial charge in [-0.2, -0.15) is 0 Å². The van der Waals surface area contributed by atoms with Crippen molar-refractivity contribution in [3.63, 3.8) is 0 Å². The lowest BCUT2D eigenvalue weighted by Crippen LogP contribution is -2.56. The molecular formula is C21H30N2O2. The Labute approximate surface area is 150 Å². The zero-order valence-corrected chi connectivity index (χ0v) is 15.0. The van der Waals surface area contributed by atoms with E-state index in [1.54, 1.807) is 0 Å². The van der Waals surface area contributed by atoms with Crippen LogP contribution in [0.5, 0.6) is 0 Å². The van der Waals surface area contributed by atoms with E-state index in [9.17, 15) is 4.79 Å². The van der Waals surface area contributed by atoms with E-state index in [0.717, 1.165) is 19.4 Å². The van der Waals surface area contributed by atoms with Crippen LogP contribution >= 0.6 is 0 Å². The number of rotatable bonds is 5. The summed E-state index contributed by atoms with van der Waals surface area (Å²) in [6.07, 6.45) is 8.78. The summed E-state index contributed by atoms with van der Waals surface area (Å²) in [5, 5.41) is 3.60. The Kier molecular flexibility index (Phi) is 5.37. The Morgan fingerprint density at radius 3 is 2.68 bits per heavy atom. The minimum atomic E-state index is 0.250. The van der Waals surface area contributed by atoms with E-state index in [0.29, 0.717) is 31.2 Å². The van der Waals surface area contributed by atoms with Gasteiger partial charge in [-0.15, -0.1) is 0 Å². The van der Waals surface area contributed by atoms with Crippen molar-refractivity contribution in [2.75, 3.05) is 19.7 Å². The maximum atomic E-state index is 12.9. The number of nitrogens with zero attached hydrogens (tertiary/aromatic N) is 1. The minimum Gasteiger partial charge on any atom is -0.374 e. The molecule has 1 N–H and O–H groups in total. The standard InChI is InChI=1S/C21H30N2O2/c24-20(23-13-14-25-19-12-5-4-11-18(19)23)15-22-21(17-9-6-10-17)16-7-2-1-3-8-16/h1-3,7-8,17-19,21-22H,4-6,9-15H2/t18-,19+,21+/m0/s1. The summed E-state index contributed by atoms with van der Waals surface area (Å²) in [7, 11) is 0. The number of amides is 1. The number of carbonyl (C=O) groups is 1. The van der Waals surface area contributed by atoms with Gasteiger partial charge in [0.2, 0.25) is 5.91 Å². The normalized spacial score (nSPS) is 28.1. The number of morpholine rings is 1. The molecule has 0 spiro atoms. The second kappa shape index (κ2) is 7.88. The summed E-state index contributed by atoms with van der Waals surface area (Å²) in [6, 6.07) is 11.2. The number of ether oxygens (including phenoxy) is 1. The van der Waals surface area contributed by atoms with Gasteiger partial charge in [-0.05, 0) is 37.2 Å². The maximum absolute atomic E-state index is 12.9. The van der Waals surface area contributed by atoms with E-state index in [1.165, 1.54) is 37.7 Å². The summed E-state index contributed by atoms with van der Waals surface area (Å²) in [6.45, 7) is 1.89. The first-order chi connectivity index (χ1) is 12.3. The van der Waals surface area contributed by atoms with Gasteiger partial charge in [0.1, 0.15) is 0 Å². The van der Waals surface area contributed by atoms with Crippen molar-refractivity contribution < 1.29 is 9.53 Å². The average molecular weight is 342 g/mol. The molecule has 3 aliphatic rings. The number of hydrogen-bond acceptors (Lipinski definition) is 3. The minimum absolute atomic E-state index is 0.250. The van der Waals surface area contributed by atoms with Gasteiger partial charge in [0.05, 0.1) is 25.3 Å². The van der Waals surface area contributed by atoms with Crippen molar-refractivity contribution in [3.05, 3.63) is 35.9 Å². The maximum Gasteiger partial charge on any atom is 0.236 e. The SMILES string of the molecule is O=C(CN[C@H](c1ccccc1)C1CCC1)N1CCO[C@@H]2CCCC[C@@H]21. The summed E-state index contributed by atoms with van der Waals surface area (Å²) >= 11 is 0. The predicted molar refractivity (Wildman–Crippen MR) is 98.2 cm³/mol. The molecule has 4 heteroatoms. The molecule has 3 atom stereocenters. The van der Waals surface area contributed by atoms with Gasteiger partial charge in [0, 0.05) is 12.6 Å². The third kappa shape index (κ3) is 3.75. The topological polar surface area (TPSA) is 41.6 Å². The van der Waals surface area contributed by atoms with Gasteiger partial charge in [-0.1, -0.05) is 49.6 Å². The lowest BCUT2D eigenvalue weighted by molar-refractivity contribution is -0.148. The fraction of sp³-hybridized carbons (Fsp3) is 0.667. The Morgan fingerprint density at radius 2 is 1.92 bits per heavy atom. The Balaban J connectivity index is 1.39. The second-order valence-electron chi connectivity index (χ2n) is 7.81. The predicted octanol–water partition coefficient (Wildman–Crippen LogP) is 3.29. The number of benzene rings is 1. The molecule has 25 heavy (non-hydrogen) atoms. The van der Waals surface area contributed by atoms with E-state index in [1.807, 2.05) is 0 Å². The number of hydrogen-bond donors (Lipinski definition) is 1. The van der Waals surface area contributed by atoms with E-state index in [4.69, 9.17) is 4.74 Å². The zero-order valence-electron chi connectivity index (χ0n) is 15.0. The highest BCUT2D eigenvalue weighted by atomic mass is 16.5. The summed E-state index contributed by atoms with van der Waals surface area (Å²) in [5.74, 6) is 0.919. The highest BCUT2D eigenvalue weighted by Gasteiger charge is 2.37. The number of fused-ring (bicyclic) bond motifs is 1. The van der Waals surface area contributed by atoms with Crippen LogP contribution in [0.1, 0.15) is 56.6 Å². The van der Waals surface area contributed by atoms with Crippen molar-refractivity contribution in [1.29, 1.82) is 0 Å². The molecule has 0 bridgehead atoms. The van der Waals surface area contributed by atoms with Crippen molar-refractivity contribution in [3.8, 4) is 0 Å². The molecule has 0 radical (unpaired) electrons. The van der Waals surface area contributed by atoms with Crippen molar-refractivity contribution >= 4 is 5.91 Å². The molecule has 1 saturated heterocycles. The molecule has 136 valence electrons. The van der Waals surface area contributed by atoms with Gasteiger partial charge in [-0.3, -0.25) is 4.79 Å². The largest absolute Gasteiger partial charge is 0.374 e. The Bertz CT molecular complexity index is 571. The molecule has 1 aliphatic heterocycles. The van der Waals surface area contributed by atoms with Crippen LogP contribution in [0.2, 0.25) is 0 Å². The van der Waals surface area contributed by atoms with Crippen molar-refractivity contribution in [2.45, 2.75) is 63.1 Å². The van der Waals surface area contributed by atoms with Gasteiger partial charge >= 0.3 is 0 Å². The molecule has 4 nitrogen and oxygen atoms in total. The fourth-order valence-corrected chi connectivity index (χ4v) is 4.70. The smallest absolute Gasteiger partial charge is 0.236 e. The number of carbonyl (C=O) groups excluding carboxylic acids is 1. The Morgan fingerprint density at radius 1 is 1.12 bits per heavy atom. The average Bonchev–Trinajstić information content (AvgIpc) is 2.63. The quantitative estimate of drug-likeness (QED) is 0.893. The molecule has 1 heterocycles. The first kappa shape index (κ1) is 17.0. The fourth-order valence-electron chi connectivity index (χ4n) is 4.70. The van der Waals surface area contributed by atoms with Gasteiger partial charge in [0.25, 0.3) is 0 Å². The molecule has 0 unspecified atom stereocenters. The third-order valence-corrected chi connectivity index (χ3v) is 6.31. The van der Waals surface area contributed by atoms with E-state index >= 15 is 0 Å². The molecule has 3 fully saturated rings. The van der Waals surface area contributed by atoms with Crippen molar-refractivity contribution in [1.82, 2.24) is 10.2 Å². The number of nitrogens with one attached hydrogen (secondary N) is 1. The first-order valence-electron chi connectivity index (χ1n) is 10.0. The van der Waals surface area contributed by atoms with Crippen LogP contribution in [0.4, 0.5) is 0 Å². The zero-order chi connectivity index (χ0) is 17.1. The molecule has 4 rings (SSSR count). The van der Waals surface area contributed by atoms with Crippen LogP contribution in [-0.2, 0) is 9.53 Å². The third-order valence-electron chi connectivity index (χ3n) is 6.31. The monoisotopic (exact) mass is 342 g/mol. The lowest BCUT2D eigenvalue weighted by atomic mass is 9.77. The van der Waals surface area contributed by atoms with Crippen LogP contribution < -0.4 is 5.32 Å². The first-order valence-corrected chi connectivity index (χ1v) is 10.0. The summed E-state index contributed by atoms with van der Waals surface area (Å²) in [4.78, 5) is 15.0. The molecule has 1 aromatic carbocycles. The van der Waals surface area contributed by atoms with Crippen LogP contribution in [0, 0.1) is 5.92 Å². The van der Waals surface area contributed by atoms with Crippen LogP contribution in [-0.4, -0.2) is 42.6 Å². The van der Waals surface area contributed by atoms with Gasteiger partial charge in [-0.25, -0.2) is 0 Å². The molecule has 2 aliphatic carbocycles. The van der Waals surface area contributed by atoms with Crippen LogP contribution in [0.3, 0.4) is 0 Å². The summed E-state index contributed by atoms with van der Waals surface area (Å²) < 4.78 is 5.91. The molecular weight excluding hydrogens is 312 g/mol. The summed E-state index contributed by atoms with van der Waals surface area (Å²) in [5.41, 5.74) is 1.32. The van der Waals surface area contributed by atoms with Gasteiger partial charge in [0.15, 0.2) is 0 Å². The molecule has 1 amide bonds. The van der Waals surface area contributed by atoms with Crippen LogP contribution in [0.25, 0.3) is 0 Å². The van der Waals surface area contributed by atoms with Crippen molar-refractivity contribution in [2.24, 2.45) is 5.92 Å². The van der Waals surface area contributed by atoms with E-state index in [2.05, 4.69) is 40.5 Å². The molecule has 1 aromatic rings. The molecule has 0 aromatic heterocycles. The second-order valence-corrected chi connectivity index (χ2v) is 7.81. The lowest BCUT2D eigenvalue weighted by Gasteiger charge is -2.44.